The van der Waals surface area contributed by atoms with Crippen molar-refractivity contribution in [3.63, 3.8) is 0 Å². The topological polar surface area (TPSA) is 66.6 Å². The quantitative estimate of drug-likeness (QED) is 0.853. The average Bonchev–Trinajstić information content (AvgIpc) is 2.84. The molecule has 1 unspecified atom stereocenters. The van der Waals surface area contributed by atoms with Crippen molar-refractivity contribution >= 4 is 5.91 Å². The molecule has 18 heavy (non-hydrogen) atoms. The van der Waals surface area contributed by atoms with Crippen LogP contribution in [0.15, 0.2) is 24.3 Å². The van der Waals surface area contributed by atoms with Crippen molar-refractivity contribution in [1.29, 1.82) is 0 Å². The van der Waals surface area contributed by atoms with Crippen molar-refractivity contribution in [2.24, 2.45) is 5.73 Å². The Bertz CT molecular complexity index is 403. The van der Waals surface area contributed by atoms with E-state index in [0.29, 0.717) is 18.2 Å². The maximum Gasteiger partial charge on any atom is 0.254 e. The summed E-state index contributed by atoms with van der Waals surface area (Å²) in [6.07, 6.45) is 4.09. The predicted molar refractivity (Wildman–Crippen MR) is 70.5 cm³/mol. The highest BCUT2D eigenvalue weighted by atomic mass is 16.3. The summed E-state index contributed by atoms with van der Waals surface area (Å²) in [5.74, 6) is 0.252. The number of hydrogen-bond donors (Lipinski definition) is 2. The third kappa shape index (κ3) is 2.82. The second-order valence-corrected chi connectivity index (χ2v) is 4.77. The number of nitrogens with zero attached hydrogens (tertiary/aromatic N) is 1. The number of hydrogen-bond acceptors (Lipinski definition) is 3. The third-order valence-corrected chi connectivity index (χ3v) is 3.49. The number of carbonyl (C=O) groups excluding carboxylic acids is 1. The highest BCUT2D eigenvalue weighted by Crippen LogP contribution is 2.24. The van der Waals surface area contributed by atoms with Crippen LogP contribution in [0.2, 0.25) is 0 Å². The molecule has 1 fully saturated rings. The van der Waals surface area contributed by atoms with Crippen LogP contribution in [0.4, 0.5) is 0 Å². The maximum atomic E-state index is 12.3. The summed E-state index contributed by atoms with van der Waals surface area (Å²) in [6, 6.07) is 6.79. The Labute approximate surface area is 107 Å². The molecule has 4 nitrogen and oxygen atoms in total. The SMILES string of the molecule is NCCCC1CCCN1C(=O)c1ccc(O)cc1. The van der Waals surface area contributed by atoms with Crippen LogP contribution in [0.25, 0.3) is 0 Å². The zero-order chi connectivity index (χ0) is 13.0. The number of phenolic OH excluding ortho intramolecular Hbond substituents is 1. The Balaban J connectivity index is 2.05. The van der Waals surface area contributed by atoms with Crippen LogP contribution in [0.3, 0.4) is 0 Å². The van der Waals surface area contributed by atoms with Gasteiger partial charge in [-0.25, -0.2) is 0 Å². The molecule has 98 valence electrons. The molecule has 0 saturated carbocycles. The Morgan fingerprint density at radius 3 is 2.78 bits per heavy atom. The fourth-order valence-electron chi connectivity index (χ4n) is 2.53. The van der Waals surface area contributed by atoms with Crippen LogP contribution < -0.4 is 5.73 Å². The lowest BCUT2D eigenvalue weighted by molar-refractivity contribution is 0.0729. The predicted octanol–water partition coefficient (Wildman–Crippen LogP) is 1.74. The average molecular weight is 248 g/mol. The van der Waals surface area contributed by atoms with Gasteiger partial charge in [0, 0.05) is 18.2 Å². The molecule has 1 aliphatic rings. The zero-order valence-corrected chi connectivity index (χ0v) is 10.5. The van der Waals surface area contributed by atoms with E-state index in [2.05, 4.69) is 0 Å². The summed E-state index contributed by atoms with van der Waals surface area (Å²) >= 11 is 0. The smallest absolute Gasteiger partial charge is 0.254 e. The van der Waals surface area contributed by atoms with Crippen LogP contribution in [0.1, 0.15) is 36.0 Å². The minimum Gasteiger partial charge on any atom is -0.508 e. The van der Waals surface area contributed by atoms with E-state index in [-0.39, 0.29) is 11.7 Å². The lowest BCUT2D eigenvalue weighted by Gasteiger charge is -2.24. The molecule has 3 N–H and O–H groups in total. The van der Waals surface area contributed by atoms with Crippen LogP contribution in [0.5, 0.6) is 5.75 Å². The van der Waals surface area contributed by atoms with Gasteiger partial charge in [-0.1, -0.05) is 0 Å². The van der Waals surface area contributed by atoms with Gasteiger partial charge >= 0.3 is 0 Å². The van der Waals surface area contributed by atoms with Gasteiger partial charge in [-0.05, 0) is 56.5 Å². The molecule has 2 rings (SSSR count). The summed E-state index contributed by atoms with van der Waals surface area (Å²) in [4.78, 5) is 14.3. The highest BCUT2D eigenvalue weighted by Gasteiger charge is 2.28. The van der Waals surface area contributed by atoms with E-state index >= 15 is 0 Å². The van der Waals surface area contributed by atoms with E-state index in [0.717, 1.165) is 32.2 Å². The number of aromatic hydroxyl groups is 1. The van der Waals surface area contributed by atoms with E-state index < -0.39 is 0 Å². The first-order valence-corrected chi connectivity index (χ1v) is 6.52. The standard InChI is InChI=1S/C14H20N2O2/c15-9-1-3-12-4-2-10-16(12)14(18)11-5-7-13(17)8-6-11/h5-8,12,17H,1-4,9-10,15H2. The molecule has 1 aromatic rings. The first-order chi connectivity index (χ1) is 8.72. The number of amides is 1. The largest absolute Gasteiger partial charge is 0.508 e. The van der Waals surface area contributed by atoms with Crippen LogP contribution >= 0.6 is 0 Å². The number of nitrogens with two attached hydrogens (primary N) is 1. The number of phenols is 1. The summed E-state index contributed by atoms with van der Waals surface area (Å²) in [7, 11) is 0. The van der Waals surface area contributed by atoms with Gasteiger partial charge in [0.05, 0.1) is 0 Å². The molecular formula is C14H20N2O2. The summed E-state index contributed by atoms with van der Waals surface area (Å²) < 4.78 is 0. The van der Waals surface area contributed by atoms with E-state index in [1.54, 1.807) is 24.3 Å². The number of benzene rings is 1. The van der Waals surface area contributed by atoms with Crippen molar-refractivity contribution in [2.45, 2.75) is 31.7 Å². The molecule has 0 radical (unpaired) electrons. The Hall–Kier alpha value is -1.55. The van der Waals surface area contributed by atoms with Gasteiger partial charge in [0.15, 0.2) is 0 Å². The molecule has 4 heteroatoms. The van der Waals surface area contributed by atoms with E-state index in [1.165, 1.54) is 0 Å². The lowest BCUT2D eigenvalue weighted by atomic mass is 10.1. The van der Waals surface area contributed by atoms with Crippen molar-refractivity contribution in [2.75, 3.05) is 13.1 Å². The molecule has 1 aliphatic heterocycles. The van der Waals surface area contributed by atoms with Crippen molar-refractivity contribution < 1.29 is 9.90 Å². The minimum atomic E-state index is 0.0644. The van der Waals surface area contributed by atoms with Gasteiger partial charge in [0.1, 0.15) is 5.75 Å². The first kappa shape index (κ1) is 12.9. The Kier molecular flexibility index (Phi) is 4.20. The van der Waals surface area contributed by atoms with Crippen LogP contribution in [-0.4, -0.2) is 35.0 Å². The molecule has 1 aromatic carbocycles. The number of rotatable bonds is 4. The second-order valence-electron chi connectivity index (χ2n) is 4.77. The third-order valence-electron chi connectivity index (χ3n) is 3.49. The van der Waals surface area contributed by atoms with Crippen molar-refractivity contribution in [3.8, 4) is 5.75 Å². The molecule has 1 atom stereocenters. The van der Waals surface area contributed by atoms with E-state index in [1.807, 2.05) is 4.90 Å². The van der Waals surface area contributed by atoms with Crippen molar-refractivity contribution in [1.82, 2.24) is 4.90 Å². The summed E-state index contributed by atoms with van der Waals surface area (Å²) in [5.41, 5.74) is 6.17. The number of carbonyl (C=O) groups is 1. The Morgan fingerprint density at radius 2 is 2.11 bits per heavy atom. The van der Waals surface area contributed by atoms with Gasteiger partial charge in [-0.2, -0.15) is 0 Å². The molecule has 0 bridgehead atoms. The molecule has 0 aliphatic carbocycles. The Morgan fingerprint density at radius 1 is 1.39 bits per heavy atom. The molecule has 0 spiro atoms. The highest BCUT2D eigenvalue weighted by molar-refractivity contribution is 5.94. The second kappa shape index (κ2) is 5.87. The molecule has 1 saturated heterocycles. The summed E-state index contributed by atoms with van der Waals surface area (Å²) in [5, 5.41) is 9.23. The van der Waals surface area contributed by atoms with Crippen molar-refractivity contribution in [3.05, 3.63) is 29.8 Å². The maximum absolute atomic E-state index is 12.3. The number of likely N-dealkylation sites (tertiary alicyclic amines) is 1. The molecule has 1 amide bonds. The lowest BCUT2D eigenvalue weighted by Crippen LogP contribution is -2.35. The zero-order valence-electron chi connectivity index (χ0n) is 10.5. The van der Waals surface area contributed by atoms with Gasteiger partial charge in [0.25, 0.3) is 5.91 Å². The molecular weight excluding hydrogens is 228 g/mol. The minimum absolute atomic E-state index is 0.0644. The first-order valence-electron chi connectivity index (χ1n) is 6.52. The molecule has 0 aromatic heterocycles. The van der Waals surface area contributed by atoms with E-state index in [9.17, 15) is 9.90 Å². The fourth-order valence-corrected chi connectivity index (χ4v) is 2.53. The van der Waals surface area contributed by atoms with Gasteiger partial charge in [-0.15, -0.1) is 0 Å². The van der Waals surface area contributed by atoms with Gasteiger partial charge in [-0.3, -0.25) is 4.79 Å². The summed E-state index contributed by atoms with van der Waals surface area (Å²) in [6.45, 7) is 1.51. The normalized spacial score (nSPS) is 19.2. The fraction of sp³-hybridized carbons (Fsp3) is 0.500. The van der Waals surface area contributed by atoms with E-state index in [4.69, 9.17) is 5.73 Å². The van der Waals surface area contributed by atoms with Crippen LogP contribution in [-0.2, 0) is 0 Å². The molecule has 1 heterocycles. The van der Waals surface area contributed by atoms with Gasteiger partial charge < -0.3 is 15.7 Å². The van der Waals surface area contributed by atoms with Gasteiger partial charge in [0.2, 0.25) is 0 Å². The van der Waals surface area contributed by atoms with Crippen LogP contribution in [0, 0.1) is 0 Å². The monoisotopic (exact) mass is 248 g/mol.